The number of ether oxygens (including phenoxy) is 3. The van der Waals surface area contributed by atoms with E-state index in [4.69, 9.17) is 19.2 Å². The standard InChI is InChI=1S/C28H26FN3O5S/c1-35-21-14-20(15-22(16-21)36-2)32-27(34)23-8-7-18(26(33)31-9-11-37-12-10-31)13-25(23)30-28(32)38-17-19-5-3-4-6-24(19)29/h3-8,13-16H,9-12,17H2,1-2H3. The predicted molar refractivity (Wildman–Crippen MR) is 143 cm³/mol. The van der Waals surface area contributed by atoms with Crippen molar-refractivity contribution >= 4 is 28.6 Å². The van der Waals surface area contributed by atoms with Crippen LogP contribution in [0.3, 0.4) is 0 Å². The van der Waals surface area contributed by atoms with E-state index in [0.717, 1.165) is 0 Å². The highest BCUT2D eigenvalue weighted by atomic mass is 32.2. The second-order valence-electron chi connectivity index (χ2n) is 8.62. The van der Waals surface area contributed by atoms with Gasteiger partial charge in [-0.05, 0) is 29.8 Å². The topological polar surface area (TPSA) is 82.9 Å². The first kappa shape index (κ1) is 25.7. The number of hydrogen-bond acceptors (Lipinski definition) is 7. The first-order chi connectivity index (χ1) is 18.5. The van der Waals surface area contributed by atoms with Gasteiger partial charge in [-0.3, -0.25) is 14.2 Å². The molecule has 1 aromatic heterocycles. The Morgan fingerprint density at radius 1 is 1.03 bits per heavy atom. The maximum absolute atomic E-state index is 14.4. The van der Waals surface area contributed by atoms with Crippen LogP contribution in [-0.2, 0) is 10.5 Å². The summed E-state index contributed by atoms with van der Waals surface area (Å²) in [4.78, 5) is 33.4. The third-order valence-electron chi connectivity index (χ3n) is 6.29. The molecular formula is C28H26FN3O5S. The van der Waals surface area contributed by atoms with Gasteiger partial charge in [-0.25, -0.2) is 9.37 Å². The second-order valence-corrected chi connectivity index (χ2v) is 9.56. The summed E-state index contributed by atoms with van der Waals surface area (Å²) in [6.07, 6.45) is 0. The zero-order valence-electron chi connectivity index (χ0n) is 21.0. The van der Waals surface area contributed by atoms with Gasteiger partial charge in [0, 0.05) is 42.6 Å². The van der Waals surface area contributed by atoms with Crippen LogP contribution in [0.2, 0.25) is 0 Å². The Kier molecular flexibility index (Phi) is 7.62. The number of fused-ring (bicyclic) bond motifs is 1. The Balaban J connectivity index is 1.63. The zero-order valence-corrected chi connectivity index (χ0v) is 21.8. The van der Waals surface area contributed by atoms with E-state index < -0.39 is 0 Å². The van der Waals surface area contributed by atoms with Crippen molar-refractivity contribution in [1.82, 2.24) is 14.5 Å². The third-order valence-corrected chi connectivity index (χ3v) is 7.28. The van der Waals surface area contributed by atoms with Gasteiger partial charge in [-0.2, -0.15) is 0 Å². The van der Waals surface area contributed by atoms with Gasteiger partial charge in [-0.15, -0.1) is 0 Å². The van der Waals surface area contributed by atoms with Crippen LogP contribution in [0.25, 0.3) is 16.6 Å². The molecule has 10 heteroatoms. The highest BCUT2D eigenvalue weighted by Gasteiger charge is 2.21. The maximum atomic E-state index is 14.4. The summed E-state index contributed by atoms with van der Waals surface area (Å²) < 4.78 is 32.0. The van der Waals surface area contributed by atoms with E-state index in [1.54, 1.807) is 59.5 Å². The van der Waals surface area contributed by atoms with Gasteiger partial charge in [0.25, 0.3) is 11.5 Å². The van der Waals surface area contributed by atoms with Gasteiger partial charge in [-0.1, -0.05) is 30.0 Å². The van der Waals surface area contributed by atoms with Gasteiger partial charge < -0.3 is 19.1 Å². The average Bonchev–Trinajstić information content (AvgIpc) is 2.96. The van der Waals surface area contributed by atoms with Crippen LogP contribution in [-0.4, -0.2) is 60.9 Å². The largest absolute Gasteiger partial charge is 0.497 e. The van der Waals surface area contributed by atoms with E-state index >= 15 is 0 Å². The van der Waals surface area contributed by atoms with E-state index in [-0.39, 0.29) is 23.0 Å². The summed E-state index contributed by atoms with van der Waals surface area (Å²) in [5, 5.41) is 0.692. The van der Waals surface area contributed by atoms with Gasteiger partial charge in [0.1, 0.15) is 17.3 Å². The molecule has 0 N–H and O–H groups in total. The molecule has 0 bridgehead atoms. The lowest BCUT2D eigenvalue weighted by molar-refractivity contribution is 0.0303. The van der Waals surface area contributed by atoms with Crippen molar-refractivity contribution in [2.45, 2.75) is 10.9 Å². The highest BCUT2D eigenvalue weighted by molar-refractivity contribution is 7.98. The fourth-order valence-corrected chi connectivity index (χ4v) is 5.25. The number of rotatable bonds is 7. The van der Waals surface area contributed by atoms with Crippen LogP contribution in [0.1, 0.15) is 15.9 Å². The zero-order chi connectivity index (χ0) is 26.6. The minimum Gasteiger partial charge on any atom is -0.497 e. The molecular weight excluding hydrogens is 509 g/mol. The summed E-state index contributed by atoms with van der Waals surface area (Å²) >= 11 is 1.23. The molecule has 1 amide bonds. The number of amides is 1. The summed E-state index contributed by atoms with van der Waals surface area (Å²) in [5.74, 6) is 0.777. The number of morpholine rings is 1. The van der Waals surface area contributed by atoms with E-state index in [0.29, 0.717) is 70.7 Å². The lowest BCUT2D eigenvalue weighted by Crippen LogP contribution is -2.40. The molecule has 0 spiro atoms. The van der Waals surface area contributed by atoms with Crippen molar-refractivity contribution in [3.63, 3.8) is 0 Å². The molecule has 196 valence electrons. The van der Waals surface area contributed by atoms with E-state index in [1.807, 2.05) is 0 Å². The monoisotopic (exact) mass is 535 g/mol. The molecule has 0 aliphatic carbocycles. The fraction of sp³-hybridized carbons (Fsp3) is 0.250. The van der Waals surface area contributed by atoms with Crippen LogP contribution in [0.4, 0.5) is 4.39 Å². The molecule has 0 atom stereocenters. The van der Waals surface area contributed by atoms with Crippen LogP contribution >= 0.6 is 11.8 Å². The fourth-order valence-electron chi connectivity index (χ4n) is 4.25. The van der Waals surface area contributed by atoms with Crippen LogP contribution in [0, 0.1) is 5.82 Å². The number of hydrogen-bond donors (Lipinski definition) is 0. The SMILES string of the molecule is COc1cc(OC)cc(-n2c(SCc3ccccc3F)nc3cc(C(=O)N4CCOCC4)ccc3c2=O)c1. The number of carbonyl (C=O) groups is 1. The molecule has 0 unspecified atom stereocenters. The van der Waals surface area contributed by atoms with Crippen LogP contribution < -0.4 is 15.0 Å². The van der Waals surface area contributed by atoms with Crippen LogP contribution in [0.5, 0.6) is 11.5 Å². The number of aromatic nitrogens is 2. The molecule has 2 heterocycles. The van der Waals surface area contributed by atoms with Gasteiger partial charge >= 0.3 is 0 Å². The van der Waals surface area contributed by atoms with E-state index in [1.165, 1.54) is 36.6 Å². The molecule has 1 aliphatic rings. The molecule has 3 aromatic carbocycles. The predicted octanol–water partition coefficient (Wildman–Crippen LogP) is 4.31. The number of halogens is 1. The van der Waals surface area contributed by atoms with Crippen molar-refractivity contribution in [3.05, 3.63) is 88.0 Å². The van der Waals surface area contributed by atoms with Gasteiger partial charge in [0.05, 0.1) is 44.0 Å². The second kappa shape index (κ2) is 11.2. The Morgan fingerprint density at radius 3 is 2.42 bits per heavy atom. The van der Waals surface area contributed by atoms with E-state index in [9.17, 15) is 14.0 Å². The molecule has 1 aliphatic heterocycles. The molecule has 8 nitrogen and oxygen atoms in total. The quantitative estimate of drug-likeness (QED) is 0.258. The minimum atomic E-state index is -0.337. The summed E-state index contributed by atoms with van der Waals surface area (Å²) in [7, 11) is 3.06. The lowest BCUT2D eigenvalue weighted by atomic mass is 10.1. The molecule has 0 radical (unpaired) electrons. The third kappa shape index (κ3) is 5.23. The normalized spacial score (nSPS) is 13.5. The lowest BCUT2D eigenvalue weighted by Gasteiger charge is -2.26. The summed E-state index contributed by atoms with van der Waals surface area (Å²) in [6.45, 7) is 1.99. The number of thioether (sulfide) groups is 1. The number of carbonyl (C=O) groups excluding carboxylic acids is 1. The van der Waals surface area contributed by atoms with Gasteiger partial charge in [0.2, 0.25) is 0 Å². The molecule has 1 saturated heterocycles. The van der Waals surface area contributed by atoms with Crippen molar-refractivity contribution in [2.75, 3.05) is 40.5 Å². The Morgan fingerprint density at radius 2 is 1.74 bits per heavy atom. The Bertz CT molecular complexity index is 1530. The van der Waals surface area contributed by atoms with Gasteiger partial charge in [0.15, 0.2) is 5.16 Å². The molecule has 38 heavy (non-hydrogen) atoms. The number of benzene rings is 3. The maximum Gasteiger partial charge on any atom is 0.266 e. The first-order valence-electron chi connectivity index (χ1n) is 12.0. The van der Waals surface area contributed by atoms with Crippen molar-refractivity contribution < 1.29 is 23.4 Å². The minimum absolute atomic E-state index is 0.140. The van der Waals surface area contributed by atoms with E-state index in [2.05, 4.69) is 0 Å². The van der Waals surface area contributed by atoms with Crippen molar-refractivity contribution in [1.29, 1.82) is 0 Å². The van der Waals surface area contributed by atoms with Crippen LogP contribution in [0.15, 0.2) is 70.6 Å². The Labute approximate surface area is 223 Å². The molecule has 5 rings (SSSR count). The molecule has 4 aromatic rings. The molecule has 1 fully saturated rings. The average molecular weight is 536 g/mol. The first-order valence-corrected chi connectivity index (χ1v) is 13.0. The number of methoxy groups -OCH3 is 2. The van der Waals surface area contributed by atoms with Crippen molar-refractivity contribution in [3.8, 4) is 17.2 Å². The summed E-state index contributed by atoms with van der Waals surface area (Å²) in [6, 6.07) is 16.5. The Hall–Kier alpha value is -3.89. The smallest absolute Gasteiger partial charge is 0.266 e. The molecule has 0 saturated carbocycles. The highest BCUT2D eigenvalue weighted by Crippen LogP contribution is 2.30. The number of nitrogens with zero attached hydrogens (tertiary/aromatic N) is 3. The van der Waals surface area contributed by atoms with Crippen molar-refractivity contribution in [2.24, 2.45) is 0 Å². The summed E-state index contributed by atoms with van der Waals surface area (Å²) in [5.41, 5.74) is 1.48.